The number of carbonyl (C=O) groups is 1. The number of rotatable bonds is 3. The zero-order valence-corrected chi connectivity index (χ0v) is 14.4. The maximum Gasteiger partial charge on any atom is 0.249 e. The molecule has 0 saturated heterocycles. The predicted octanol–water partition coefficient (Wildman–Crippen LogP) is 3.28. The van der Waals surface area contributed by atoms with Gasteiger partial charge in [-0.25, -0.2) is 4.68 Å². The molecular formula is C20H20N4O. The Labute approximate surface area is 146 Å². The van der Waals surface area contributed by atoms with E-state index in [2.05, 4.69) is 21.5 Å². The van der Waals surface area contributed by atoms with E-state index in [9.17, 15) is 4.79 Å². The molecular weight excluding hydrogens is 312 g/mol. The molecule has 25 heavy (non-hydrogen) atoms. The van der Waals surface area contributed by atoms with Gasteiger partial charge in [0.25, 0.3) is 0 Å². The molecule has 1 aliphatic heterocycles. The number of nitrogens with one attached hydrogen (secondary N) is 1. The summed E-state index contributed by atoms with van der Waals surface area (Å²) in [5.41, 5.74) is 2.59. The third kappa shape index (κ3) is 2.71. The summed E-state index contributed by atoms with van der Waals surface area (Å²) in [6.45, 7) is 3.81. The minimum absolute atomic E-state index is 0.116. The number of aromatic nitrogens is 3. The second-order valence-corrected chi connectivity index (χ2v) is 6.84. The van der Waals surface area contributed by atoms with Crippen LogP contribution in [-0.2, 0) is 23.1 Å². The van der Waals surface area contributed by atoms with Crippen LogP contribution in [0.1, 0.15) is 30.8 Å². The summed E-state index contributed by atoms with van der Waals surface area (Å²) in [5, 5.41) is 7.40. The Bertz CT molecular complexity index is 928. The highest BCUT2D eigenvalue weighted by Gasteiger charge is 2.31. The number of hydrogen-bond acceptors (Lipinski definition) is 3. The number of fused-ring (bicyclic) bond motifs is 3. The van der Waals surface area contributed by atoms with Crippen LogP contribution in [0.3, 0.4) is 0 Å². The summed E-state index contributed by atoms with van der Waals surface area (Å²) in [6.07, 6.45) is 1.76. The Balaban J connectivity index is 1.61. The van der Waals surface area contributed by atoms with Gasteiger partial charge in [0, 0.05) is 6.42 Å². The number of carbonyl (C=O) groups excluding carboxylic acids is 1. The van der Waals surface area contributed by atoms with E-state index < -0.39 is 5.41 Å². The molecule has 0 aliphatic carbocycles. The van der Waals surface area contributed by atoms with E-state index in [1.54, 1.807) is 0 Å². The molecule has 1 N–H and O–H groups in total. The largest absolute Gasteiger partial charge is 0.292 e. The SMILES string of the molecule is CC(C)(C(=O)Nc1nc2n(n1)-c1ccccc1CC2)c1ccccc1. The average Bonchev–Trinajstić information content (AvgIpc) is 3.05. The van der Waals surface area contributed by atoms with Crippen molar-refractivity contribution in [1.82, 2.24) is 14.8 Å². The quantitative estimate of drug-likeness (QED) is 0.801. The van der Waals surface area contributed by atoms with Gasteiger partial charge in [-0.2, -0.15) is 4.98 Å². The molecule has 3 aromatic rings. The van der Waals surface area contributed by atoms with Crippen LogP contribution >= 0.6 is 0 Å². The summed E-state index contributed by atoms with van der Waals surface area (Å²) < 4.78 is 1.84. The van der Waals surface area contributed by atoms with Crippen molar-refractivity contribution in [2.24, 2.45) is 0 Å². The van der Waals surface area contributed by atoms with Crippen LogP contribution in [-0.4, -0.2) is 20.7 Å². The smallest absolute Gasteiger partial charge is 0.249 e. The van der Waals surface area contributed by atoms with E-state index in [1.165, 1.54) is 5.56 Å². The van der Waals surface area contributed by atoms with Crippen LogP contribution < -0.4 is 5.32 Å². The summed E-state index contributed by atoms with van der Waals surface area (Å²) in [6, 6.07) is 17.9. The summed E-state index contributed by atoms with van der Waals surface area (Å²) in [7, 11) is 0. The molecule has 2 aromatic carbocycles. The van der Waals surface area contributed by atoms with E-state index in [4.69, 9.17) is 0 Å². The molecule has 1 aromatic heterocycles. The molecule has 5 nitrogen and oxygen atoms in total. The van der Waals surface area contributed by atoms with Gasteiger partial charge in [0.05, 0.1) is 11.1 Å². The monoisotopic (exact) mass is 332 g/mol. The highest BCUT2D eigenvalue weighted by atomic mass is 16.2. The van der Waals surface area contributed by atoms with Gasteiger partial charge >= 0.3 is 0 Å². The number of aryl methyl sites for hydroxylation is 2. The van der Waals surface area contributed by atoms with Gasteiger partial charge in [-0.1, -0.05) is 48.5 Å². The average molecular weight is 332 g/mol. The van der Waals surface area contributed by atoms with Gasteiger partial charge in [0.2, 0.25) is 11.9 Å². The van der Waals surface area contributed by atoms with E-state index >= 15 is 0 Å². The van der Waals surface area contributed by atoms with Crippen molar-refractivity contribution in [3.05, 3.63) is 71.5 Å². The standard InChI is InChI=1S/C20H20N4O/c1-20(2,15-9-4-3-5-10-15)18(25)22-19-21-17-13-12-14-8-6-7-11-16(14)24(17)23-19/h3-11H,12-13H2,1-2H3,(H,22,23,25). The molecule has 0 unspecified atom stereocenters. The lowest BCUT2D eigenvalue weighted by molar-refractivity contribution is -0.120. The van der Waals surface area contributed by atoms with Gasteiger partial charge < -0.3 is 0 Å². The van der Waals surface area contributed by atoms with E-state index in [0.29, 0.717) is 5.95 Å². The maximum atomic E-state index is 12.8. The second-order valence-electron chi connectivity index (χ2n) is 6.84. The molecule has 0 atom stereocenters. The molecule has 126 valence electrons. The van der Waals surface area contributed by atoms with Gasteiger partial charge in [-0.05, 0) is 37.5 Å². The van der Waals surface area contributed by atoms with Crippen LogP contribution in [0, 0.1) is 0 Å². The van der Waals surface area contributed by atoms with E-state index in [-0.39, 0.29) is 5.91 Å². The third-order valence-corrected chi connectivity index (χ3v) is 4.80. The topological polar surface area (TPSA) is 59.8 Å². The lowest BCUT2D eigenvalue weighted by atomic mass is 9.84. The fraction of sp³-hybridized carbons (Fsp3) is 0.250. The fourth-order valence-electron chi connectivity index (χ4n) is 3.17. The molecule has 0 fully saturated rings. The zero-order valence-electron chi connectivity index (χ0n) is 14.4. The Hall–Kier alpha value is -2.95. The number of benzene rings is 2. The van der Waals surface area contributed by atoms with Crippen LogP contribution in [0.5, 0.6) is 0 Å². The first kappa shape index (κ1) is 15.6. The Morgan fingerprint density at radius 1 is 1.04 bits per heavy atom. The number of amides is 1. The minimum atomic E-state index is -0.662. The molecule has 2 heterocycles. The molecule has 0 spiro atoms. The number of hydrogen-bond donors (Lipinski definition) is 1. The normalized spacial score (nSPS) is 13.0. The van der Waals surface area contributed by atoms with Crippen molar-refractivity contribution >= 4 is 11.9 Å². The zero-order chi connectivity index (χ0) is 17.4. The van der Waals surface area contributed by atoms with E-state index in [0.717, 1.165) is 29.9 Å². The predicted molar refractivity (Wildman–Crippen MR) is 96.9 cm³/mol. The first-order chi connectivity index (χ1) is 12.1. The summed E-state index contributed by atoms with van der Waals surface area (Å²) in [4.78, 5) is 17.3. The fourth-order valence-corrected chi connectivity index (χ4v) is 3.17. The molecule has 1 amide bonds. The van der Waals surface area contributed by atoms with Crippen molar-refractivity contribution in [2.75, 3.05) is 5.32 Å². The van der Waals surface area contributed by atoms with Crippen molar-refractivity contribution in [1.29, 1.82) is 0 Å². The van der Waals surface area contributed by atoms with E-state index in [1.807, 2.05) is 67.1 Å². The van der Waals surface area contributed by atoms with Crippen molar-refractivity contribution in [3.8, 4) is 5.69 Å². The maximum absolute atomic E-state index is 12.8. The Morgan fingerprint density at radius 2 is 1.76 bits per heavy atom. The van der Waals surface area contributed by atoms with Crippen molar-refractivity contribution in [2.45, 2.75) is 32.1 Å². The van der Waals surface area contributed by atoms with Gasteiger partial charge in [-0.3, -0.25) is 10.1 Å². The third-order valence-electron chi connectivity index (χ3n) is 4.80. The number of para-hydroxylation sites is 1. The number of anilines is 1. The van der Waals surface area contributed by atoms with Gasteiger partial charge in [0.15, 0.2) is 0 Å². The van der Waals surface area contributed by atoms with Crippen LogP contribution in [0.15, 0.2) is 54.6 Å². The number of nitrogens with zero attached hydrogens (tertiary/aromatic N) is 3. The van der Waals surface area contributed by atoms with Crippen LogP contribution in [0.2, 0.25) is 0 Å². The van der Waals surface area contributed by atoms with Crippen molar-refractivity contribution in [3.63, 3.8) is 0 Å². The van der Waals surface area contributed by atoms with Gasteiger partial charge in [0.1, 0.15) is 5.82 Å². The first-order valence-electron chi connectivity index (χ1n) is 8.47. The highest BCUT2D eigenvalue weighted by molar-refractivity contribution is 5.97. The first-order valence-corrected chi connectivity index (χ1v) is 8.47. The lowest BCUT2D eigenvalue weighted by Crippen LogP contribution is -2.35. The minimum Gasteiger partial charge on any atom is -0.292 e. The summed E-state index contributed by atoms with van der Waals surface area (Å²) >= 11 is 0. The molecule has 0 radical (unpaired) electrons. The summed E-state index contributed by atoms with van der Waals surface area (Å²) in [5.74, 6) is 1.13. The Morgan fingerprint density at radius 3 is 2.56 bits per heavy atom. The van der Waals surface area contributed by atoms with Crippen molar-refractivity contribution < 1.29 is 4.79 Å². The molecule has 4 rings (SSSR count). The van der Waals surface area contributed by atoms with Gasteiger partial charge in [-0.15, -0.1) is 5.10 Å². The molecule has 0 saturated carbocycles. The highest BCUT2D eigenvalue weighted by Crippen LogP contribution is 2.26. The molecule has 1 aliphatic rings. The van der Waals surface area contributed by atoms with Crippen LogP contribution in [0.25, 0.3) is 5.69 Å². The molecule has 0 bridgehead atoms. The molecule has 5 heteroatoms. The lowest BCUT2D eigenvalue weighted by Gasteiger charge is -2.23. The Kier molecular flexibility index (Phi) is 3.64. The van der Waals surface area contributed by atoms with Crippen LogP contribution in [0.4, 0.5) is 5.95 Å². The second kappa shape index (κ2) is 5.84.